The molecular weight excluding hydrogens is 214 g/mol. The van der Waals surface area contributed by atoms with Crippen LogP contribution < -0.4 is 5.32 Å². The molecule has 0 saturated heterocycles. The summed E-state index contributed by atoms with van der Waals surface area (Å²) >= 11 is 0. The molecule has 3 atom stereocenters. The van der Waals surface area contributed by atoms with Gasteiger partial charge in [0, 0.05) is 12.1 Å². The monoisotopic (exact) mass is 233 g/mol. The minimum absolute atomic E-state index is 0.127. The molecule has 0 aliphatic heterocycles. The first-order valence-corrected chi connectivity index (χ1v) is 6.14. The Balaban J connectivity index is 2.00. The molecule has 0 spiro atoms. The summed E-state index contributed by atoms with van der Waals surface area (Å²) in [5.41, 5.74) is 2.50. The van der Waals surface area contributed by atoms with Crippen molar-refractivity contribution in [2.24, 2.45) is 5.92 Å². The van der Waals surface area contributed by atoms with Gasteiger partial charge < -0.3 is 10.4 Å². The zero-order chi connectivity index (χ0) is 12.4. The third-order valence-electron chi connectivity index (χ3n) is 3.71. The molecule has 1 aromatic carbocycles. The van der Waals surface area contributed by atoms with Crippen molar-refractivity contribution >= 4 is 5.97 Å². The Bertz CT molecular complexity index is 416. The van der Waals surface area contributed by atoms with Crippen LogP contribution in [0.1, 0.15) is 36.9 Å². The highest BCUT2D eigenvalue weighted by atomic mass is 16.4. The van der Waals surface area contributed by atoms with Crippen molar-refractivity contribution in [2.45, 2.75) is 38.8 Å². The van der Waals surface area contributed by atoms with Crippen molar-refractivity contribution in [2.75, 3.05) is 0 Å². The van der Waals surface area contributed by atoms with Crippen LogP contribution in [0.5, 0.6) is 0 Å². The van der Waals surface area contributed by atoms with E-state index in [4.69, 9.17) is 5.11 Å². The van der Waals surface area contributed by atoms with Crippen LogP contribution in [0.2, 0.25) is 0 Å². The molecule has 3 heteroatoms. The highest BCUT2D eigenvalue weighted by molar-refractivity contribution is 5.72. The number of rotatable bonds is 4. The van der Waals surface area contributed by atoms with Gasteiger partial charge in [-0.05, 0) is 37.8 Å². The number of carboxylic acid groups (broad SMARTS) is 1. The molecule has 1 aliphatic carbocycles. The SMILES string of the molecule is Cc1ccccc1[C@@H](C)NC1CCC1C(=O)O. The van der Waals surface area contributed by atoms with E-state index in [-0.39, 0.29) is 18.0 Å². The van der Waals surface area contributed by atoms with Gasteiger partial charge in [0.2, 0.25) is 0 Å². The molecule has 1 aromatic rings. The topological polar surface area (TPSA) is 49.3 Å². The molecule has 0 aromatic heterocycles. The number of aryl methyl sites for hydroxylation is 1. The first kappa shape index (κ1) is 12.1. The summed E-state index contributed by atoms with van der Waals surface area (Å²) in [5.74, 6) is -0.882. The zero-order valence-electron chi connectivity index (χ0n) is 10.3. The van der Waals surface area contributed by atoms with E-state index in [9.17, 15) is 4.79 Å². The largest absolute Gasteiger partial charge is 0.481 e. The third-order valence-corrected chi connectivity index (χ3v) is 3.71. The summed E-state index contributed by atoms with van der Waals surface area (Å²) < 4.78 is 0. The van der Waals surface area contributed by atoms with Gasteiger partial charge in [-0.25, -0.2) is 0 Å². The van der Waals surface area contributed by atoms with E-state index in [0.29, 0.717) is 0 Å². The minimum atomic E-state index is -0.675. The summed E-state index contributed by atoms with van der Waals surface area (Å²) in [5, 5.41) is 12.4. The van der Waals surface area contributed by atoms with Crippen molar-refractivity contribution in [3.63, 3.8) is 0 Å². The number of carboxylic acids is 1. The van der Waals surface area contributed by atoms with Gasteiger partial charge in [0.05, 0.1) is 5.92 Å². The second-order valence-electron chi connectivity index (χ2n) is 4.87. The van der Waals surface area contributed by atoms with E-state index in [2.05, 4.69) is 31.3 Å². The highest BCUT2D eigenvalue weighted by Crippen LogP contribution is 2.30. The Labute approximate surface area is 102 Å². The van der Waals surface area contributed by atoms with Gasteiger partial charge in [0.15, 0.2) is 0 Å². The Morgan fingerprint density at radius 1 is 1.41 bits per heavy atom. The number of carbonyl (C=O) groups is 1. The molecule has 0 radical (unpaired) electrons. The van der Waals surface area contributed by atoms with Crippen LogP contribution >= 0.6 is 0 Å². The number of hydrogen-bond acceptors (Lipinski definition) is 2. The Morgan fingerprint density at radius 3 is 2.65 bits per heavy atom. The predicted octanol–water partition coefficient (Wildman–Crippen LogP) is 2.51. The number of nitrogens with one attached hydrogen (secondary N) is 1. The standard InChI is InChI=1S/C14H19NO2/c1-9-5-3-4-6-11(9)10(2)15-13-8-7-12(13)14(16)17/h3-6,10,12-13,15H,7-8H2,1-2H3,(H,16,17)/t10-,12?,13?/m1/s1. The summed E-state index contributed by atoms with van der Waals surface area (Å²) in [6, 6.07) is 8.57. The van der Waals surface area contributed by atoms with E-state index in [1.807, 2.05) is 12.1 Å². The molecule has 17 heavy (non-hydrogen) atoms. The van der Waals surface area contributed by atoms with Crippen LogP contribution in [0, 0.1) is 12.8 Å². The van der Waals surface area contributed by atoms with Crippen molar-refractivity contribution in [3.8, 4) is 0 Å². The first-order chi connectivity index (χ1) is 8.09. The van der Waals surface area contributed by atoms with E-state index in [1.165, 1.54) is 11.1 Å². The third kappa shape index (κ3) is 2.50. The second-order valence-corrected chi connectivity index (χ2v) is 4.87. The van der Waals surface area contributed by atoms with Gasteiger partial charge >= 0.3 is 5.97 Å². The van der Waals surface area contributed by atoms with Gasteiger partial charge in [-0.3, -0.25) is 4.79 Å². The summed E-state index contributed by atoms with van der Waals surface area (Å²) in [6.07, 6.45) is 1.76. The minimum Gasteiger partial charge on any atom is -0.481 e. The predicted molar refractivity (Wildman–Crippen MR) is 66.9 cm³/mol. The lowest BCUT2D eigenvalue weighted by molar-refractivity contribution is -0.146. The van der Waals surface area contributed by atoms with Crippen molar-refractivity contribution < 1.29 is 9.90 Å². The second kappa shape index (κ2) is 4.88. The van der Waals surface area contributed by atoms with Crippen molar-refractivity contribution in [1.29, 1.82) is 0 Å². The van der Waals surface area contributed by atoms with Gasteiger partial charge in [-0.15, -0.1) is 0 Å². The molecule has 0 amide bonds. The van der Waals surface area contributed by atoms with Gasteiger partial charge in [0.25, 0.3) is 0 Å². The average molecular weight is 233 g/mol. The maximum Gasteiger partial charge on any atom is 0.308 e. The fraction of sp³-hybridized carbons (Fsp3) is 0.500. The van der Waals surface area contributed by atoms with Crippen LogP contribution in [0.25, 0.3) is 0 Å². The van der Waals surface area contributed by atoms with Crippen molar-refractivity contribution in [3.05, 3.63) is 35.4 Å². The molecule has 0 bridgehead atoms. The molecule has 3 nitrogen and oxygen atoms in total. The molecule has 2 rings (SSSR count). The zero-order valence-corrected chi connectivity index (χ0v) is 10.3. The van der Waals surface area contributed by atoms with Crippen LogP contribution in [0.15, 0.2) is 24.3 Å². The Morgan fingerprint density at radius 2 is 2.12 bits per heavy atom. The quantitative estimate of drug-likeness (QED) is 0.840. The summed E-state index contributed by atoms with van der Waals surface area (Å²) in [4.78, 5) is 10.9. The lowest BCUT2D eigenvalue weighted by Crippen LogP contribution is -2.48. The lowest BCUT2D eigenvalue weighted by atomic mass is 9.79. The molecule has 92 valence electrons. The molecule has 1 aliphatic rings. The molecular formula is C14H19NO2. The normalized spacial score (nSPS) is 25.1. The van der Waals surface area contributed by atoms with E-state index in [1.54, 1.807) is 0 Å². The van der Waals surface area contributed by atoms with Gasteiger partial charge in [0.1, 0.15) is 0 Å². The fourth-order valence-corrected chi connectivity index (χ4v) is 2.48. The van der Waals surface area contributed by atoms with E-state index >= 15 is 0 Å². The van der Waals surface area contributed by atoms with Crippen LogP contribution in [0.3, 0.4) is 0 Å². The number of aliphatic carboxylic acids is 1. The molecule has 2 unspecified atom stereocenters. The fourth-order valence-electron chi connectivity index (χ4n) is 2.48. The smallest absolute Gasteiger partial charge is 0.308 e. The number of hydrogen-bond donors (Lipinski definition) is 2. The van der Waals surface area contributed by atoms with E-state index in [0.717, 1.165) is 12.8 Å². The molecule has 2 N–H and O–H groups in total. The highest BCUT2D eigenvalue weighted by Gasteiger charge is 2.37. The Kier molecular flexibility index (Phi) is 3.48. The molecule has 0 heterocycles. The molecule has 1 fully saturated rings. The van der Waals surface area contributed by atoms with Crippen LogP contribution in [-0.2, 0) is 4.79 Å². The molecule has 1 saturated carbocycles. The maximum atomic E-state index is 10.9. The lowest BCUT2D eigenvalue weighted by Gasteiger charge is -2.36. The number of benzene rings is 1. The van der Waals surface area contributed by atoms with Gasteiger partial charge in [-0.1, -0.05) is 24.3 Å². The van der Waals surface area contributed by atoms with Crippen molar-refractivity contribution in [1.82, 2.24) is 5.32 Å². The van der Waals surface area contributed by atoms with Gasteiger partial charge in [-0.2, -0.15) is 0 Å². The summed E-state index contributed by atoms with van der Waals surface area (Å²) in [6.45, 7) is 4.18. The summed E-state index contributed by atoms with van der Waals surface area (Å²) in [7, 11) is 0. The maximum absolute atomic E-state index is 10.9. The Hall–Kier alpha value is -1.35. The van der Waals surface area contributed by atoms with E-state index < -0.39 is 5.97 Å². The average Bonchev–Trinajstić information content (AvgIpc) is 2.24. The van der Waals surface area contributed by atoms with Crippen LogP contribution in [0.4, 0.5) is 0 Å². The van der Waals surface area contributed by atoms with Crippen LogP contribution in [-0.4, -0.2) is 17.1 Å². The first-order valence-electron chi connectivity index (χ1n) is 6.14.